The lowest BCUT2D eigenvalue weighted by molar-refractivity contribution is -0.853. The standard InChI is InChI=1S/C23H40N.ClH/c1-5-6-7-8-9-10-11-12-13-17-20-24(3,4)22(2)21-23-18-15-14-16-19-23;/h14-16,18-19H,2,5-13,17,20-21H2,1,3-4H3;1H/q+1;/p-1. The number of likely N-dealkylation sites (N-methyl/N-ethyl adjacent to an activating group) is 1. The molecule has 0 heterocycles. The second-order valence-corrected chi connectivity index (χ2v) is 7.82. The molecular formula is C23H40ClN. The van der Waals surface area contributed by atoms with E-state index in [1.165, 1.54) is 82.0 Å². The molecule has 0 saturated heterocycles. The van der Waals surface area contributed by atoms with Gasteiger partial charge in [-0.15, -0.1) is 0 Å². The monoisotopic (exact) mass is 365 g/mol. The van der Waals surface area contributed by atoms with E-state index in [-0.39, 0.29) is 12.4 Å². The fraction of sp³-hybridized carbons (Fsp3) is 0.652. The average molecular weight is 366 g/mol. The highest BCUT2D eigenvalue weighted by molar-refractivity contribution is 5.18. The molecule has 1 rings (SSSR count). The van der Waals surface area contributed by atoms with Crippen molar-refractivity contribution in [3.8, 4) is 0 Å². The summed E-state index contributed by atoms with van der Waals surface area (Å²) < 4.78 is 0.950. The quantitative estimate of drug-likeness (QED) is 0.348. The van der Waals surface area contributed by atoms with Crippen molar-refractivity contribution in [3.63, 3.8) is 0 Å². The molecule has 0 saturated carbocycles. The van der Waals surface area contributed by atoms with Gasteiger partial charge in [0.1, 0.15) is 5.70 Å². The van der Waals surface area contributed by atoms with Crippen LogP contribution in [0.15, 0.2) is 42.6 Å². The van der Waals surface area contributed by atoms with E-state index >= 15 is 0 Å². The third-order valence-corrected chi connectivity index (χ3v) is 5.18. The first-order valence-electron chi connectivity index (χ1n) is 10.1. The Hall–Kier alpha value is -0.790. The van der Waals surface area contributed by atoms with E-state index in [0.29, 0.717) is 0 Å². The number of quaternary nitrogens is 1. The molecule has 1 aromatic rings. The van der Waals surface area contributed by atoms with Crippen LogP contribution in [0.3, 0.4) is 0 Å². The van der Waals surface area contributed by atoms with Gasteiger partial charge >= 0.3 is 0 Å². The van der Waals surface area contributed by atoms with Crippen LogP contribution in [-0.2, 0) is 6.42 Å². The summed E-state index contributed by atoms with van der Waals surface area (Å²) in [5.74, 6) is 0. The minimum atomic E-state index is 0. The molecular weight excluding hydrogens is 326 g/mol. The lowest BCUT2D eigenvalue weighted by Crippen LogP contribution is -3.00. The van der Waals surface area contributed by atoms with Crippen molar-refractivity contribution in [2.24, 2.45) is 0 Å². The van der Waals surface area contributed by atoms with Gasteiger partial charge in [-0.3, -0.25) is 4.48 Å². The van der Waals surface area contributed by atoms with Gasteiger partial charge in [0.15, 0.2) is 0 Å². The Morgan fingerprint density at radius 1 is 0.800 bits per heavy atom. The van der Waals surface area contributed by atoms with Gasteiger partial charge in [-0.05, 0) is 25.0 Å². The van der Waals surface area contributed by atoms with E-state index in [4.69, 9.17) is 0 Å². The summed E-state index contributed by atoms with van der Waals surface area (Å²) in [4.78, 5) is 0. The van der Waals surface area contributed by atoms with Crippen molar-refractivity contribution >= 4 is 0 Å². The molecule has 0 amide bonds. The molecule has 1 nitrogen and oxygen atoms in total. The highest BCUT2D eigenvalue weighted by Gasteiger charge is 2.19. The number of halogens is 1. The largest absolute Gasteiger partial charge is 1.00 e. The van der Waals surface area contributed by atoms with Crippen molar-refractivity contribution in [3.05, 3.63) is 48.2 Å². The average Bonchev–Trinajstić information content (AvgIpc) is 2.57. The number of rotatable bonds is 14. The van der Waals surface area contributed by atoms with Crippen LogP contribution in [0.25, 0.3) is 0 Å². The second-order valence-electron chi connectivity index (χ2n) is 7.82. The van der Waals surface area contributed by atoms with Crippen LogP contribution in [0.1, 0.15) is 76.7 Å². The first kappa shape index (κ1) is 24.2. The Bertz CT molecular complexity index is 439. The van der Waals surface area contributed by atoms with E-state index in [2.05, 4.69) is 57.9 Å². The van der Waals surface area contributed by atoms with Crippen molar-refractivity contribution in [2.45, 2.75) is 77.6 Å². The molecule has 0 atom stereocenters. The van der Waals surface area contributed by atoms with Crippen molar-refractivity contribution < 1.29 is 16.9 Å². The molecule has 0 aliphatic rings. The van der Waals surface area contributed by atoms with Gasteiger partial charge in [0.2, 0.25) is 0 Å². The van der Waals surface area contributed by atoms with Crippen LogP contribution in [0.4, 0.5) is 0 Å². The Balaban J connectivity index is 0.00000576. The lowest BCUT2D eigenvalue weighted by atomic mass is 10.1. The SMILES string of the molecule is C=C(Cc1ccccc1)[N+](C)(C)CCCCCCCCCCCC.[Cl-]. The highest BCUT2D eigenvalue weighted by Crippen LogP contribution is 2.18. The molecule has 1 aromatic carbocycles. The molecule has 0 aliphatic carbocycles. The predicted molar refractivity (Wildman–Crippen MR) is 108 cm³/mol. The Morgan fingerprint density at radius 3 is 1.80 bits per heavy atom. The van der Waals surface area contributed by atoms with Crippen molar-refractivity contribution in [1.82, 2.24) is 0 Å². The van der Waals surface area contributed by atoms with Gasteiger partial charge in [0.25, 0.3) is 0 Å². The molecule has 0 aromatic heterocycles. The molecule has 0 radical (unpaired) electrons. The minimum absolute atomic E-state index is 0. The molecule has 0 unspecified atom stereocenters. The number of hydrogen-bond acceptors (Lipinski definition) is 0. The zero-order valence-corrected chi connectivity index (χ0v) is 17.7. The fourth-order valence-corrected chi connectivity index (χ4v) is 3.20. The molecule has 0 bridgehead atoms. The molecule has 0 N–H and O–H groups in total. The first-order valence-corrected chi connectivity index (χ1v) is 10.1. The third kappa shape index (κ3) is 11.4. The van der Waals surface area contributed by atoms with E-state index in [9.17, 15) is 0 Å². The van der Waals surface area contributed by atoms with E-state index in [1.807, 2.05) is 0 Å². The van der Waals surface area contributed by atoms with Crippen LogP contribution in [0, 0.1) is 0 Å². The molecule has 0 fully saturated rings. The van der Waals surface area contributed by atoms with E-state index in [1.54, 1.807) is 0 Å². The summed E-state index contributed by atoms with van der Waals surface area (Å²) in [6.07, 6.45) is 15.0. The van der Waals surface area contributed by atoms with Crippen LogP contribution in [-0.4, -0.2) is 25.1 Å². The summed E-state index contributed by atoms with van der Waals surface area (Å²) in [6.45, 7) is 7.85. The van der Waals surface area contributed by atoms with Crippen molar-refractivity contribution in [2.75, 3.05) is 20.6 Å². The van der Waals surface area contributed by atoms with Gasteiger partial charge in [-0.1, -0.05) is 88.6 Å². The van der Waals surface area contributed by atoms with E-state index in [0.717, 1.165) is 10.9 Å². The first-order chi connectivity index (χ1) is 11.6. The fourth-order valence-electron chi connectivity index (χ4n) is 3.20. The Kier molecular flexibility index (Phi) is 13.9. The topological polar surface area (TPSA) is 0 Å². The number of nitrogens with zero attached hydrogens (tertiary/aromatic N) is 1. The van der Waals surface area contributed by atoms with Gasteiger partial charge in [0, 0.05) is 6.42 Å². The second kappa shape index (κ2) is 14.4. The van der Waals surface area contributed by atoms with Crippen LogP contribution in [0.5, 0.6) is 0 Å². The molecule has 0 aliphatic heterocycles. The maximum Gasteiger partial charge on any atom is 0.105 e. The maximum atomic E-state index is 4.36. The lowest BCUT2D eigenvalue weighted by Gasteiger charge is -2.31. The summed E-state index contributed by atoms with van der Waals surface area (Å²) in [5, 5.41) is 0. The van der Waals surface area contributed by atoms with Gasteiger partial charge in [-0.2, -0.15) is 0 Å². The van der Waals surface area contributed by atoms with Crippen LogP contribution < -0.4 is 12.4 Å². The zero-order chi connectivity index (χ0) is 17.7. The van der Waals surface area contributed by atoms with Gasteiger partial charge in [0.05, 0.1) is 20.6 Å². The van der Waals surface area contributed by atoms with E-state index < -0.39 is 0 Å². The van der Waals surface area contributed by atoms with Crippen LogP contribution >= 0.6 is 0 Å². The van der Waals surface area contributed by atoms with Crippen LogP contribution in [0.2, 0.25) is 0 Å². The predicted octanol–water partition coefficient (Wildman–Crippen LogP) is 3.74. The summed E-state index contributed by atoms with van der Waals surface area (Å²) in [7, 11) is 4.61. The molecule has 25 heavy (non-hydrogen) atoms. The smallest absolute Gasteiger partial charge is 0.105 e. The summed E-state index contributed by atoms with van der Waals surface area (Å²) >= 11 is 0. The number of hydrogen-bond donors (Lipinski definition) is 0. The summed E-state index contributed by atoms with van der Waals surface area (Å²) in [6, 6.07) is 10.7. The highest BCUT2D eigenvalue weighted by atomic mass is 35.5. The maximum absolute atomic E-state index is 4.36. The summed E-state index contributed by atoms with van der Waals surface area (Å²) in [5.41, 5.74) is 2.69. The molecule has 2 heteroatoms. The number of benzene rings is 1. The molecule has 0 spiro atoms. The Labute approximate surface area is 163 Å². The Morgan fingerprint density at radius 2 is 1.28 bits per heavy atom. The number of allylic oxidation sites excluding steroid dienone is 1. The zero-order valence-electron chi connectivity index (χ0n) is 16.9. The normalized spacial score (nSPS) is 11.2. The molecule has 144 valence electrons. The third-order valence-electron chi connectivity index (χ3n) is 5.18. The number of unbranched alkanes of at least 4 members (excludes halogenated alkanes) is 9. The van der Waals surface area contributed by atoms with Gasteiger partial charge in [-0.25, -0.2) is 0 Å². The van der Waals surface area contributed by atoms with Crippen molar-refractivity contribution in [1.29, 1.82) is 0 Å². The minimum Gasteiger partial charge on any atom is -1.00 e. The van der Waals surface area contributed by atoms with Gasteiger partial charge < -0.3 is 12.4 Å².